The smallest absolute Gasteiger partial charge is 0.271 e. The summed E-state index contributed by atoms with van der Waals surface area (Å²) in [6.45, 7) is 0. The van der Waals surface area contributed by atoms with Gasteiger partial charge in [0, 0.05) is 11.1 Å². The molecule has 8 nitrogen and oxygen atoms in total. The van der Waals surface area contributed by atoms with Gasteiger partial charge in [0.2, 0.25) is 0 Å². The van der Waals surface area contributed by atoms with Gasteiger partial charge < -0.3 is 4.74 Å². The van der Waals surface area contributed by atoms with Gasteiger partial charge in [0.05, 0.1) is 19.0 Å². The number of benzene rings is 2. The molecule has 0 aliphatic carbocycles. The summed E-state index contributed by atoms with van der Waals surface area (Å²) in [5.41, 5.74) is 4.49. The predicted molar refractivity (Wildman–Crippen MR) is 87.2 cm³/mol. The largest absolute Gasteiger partial charge is 0.496 e. The van der Waals surface area contributed by atoms with Crippen LogP contribution in [-0.4, -0.2) is 39.4 Å². The number of nitrogens with one attached hydrogen (secondary N) is 1. The molecule has 1 amide bonds. The van der Waals surface area contributed by atoms with Crippen LogP contribution in [0.4, 0.5) is 0 Å². The van der Waals surface area contributed by atoms with Crippen LogP contribution in [0.25, 0.3) is 5.69 Å². The number of para-hydroxylation sites is 1. The Balaban J connectivity index is 1.66. The molecule has 0 saturated heterocycles. The molecule has 1 aromatic heterocycles. The van der Waals surface area contributed by atoms with Crippen LogP contribution in [0.3, 0.4) is 0 Å². The fourth-order valence-electron chi connectivity index (χ4n) is 2.04. The zero-order chi connectivity index (χ0) is 16.8. The normalized spacial score (nSPS) is 10.7. The Labute approximate surface area is 137 Å². The van der Waals surface area contributed by atoms with E-state index in [9.17, 15) is 4.79 Å². The second kappa shape index (κ2) is 7.14. The first kappa shape index (κ1) is 15.3. The molecule has 0 saturated carbocycles. The number of methoxy groups -OCH3 is 1. The first-order valence-electron chi connectivity index (χ1n) is 7.08. The minimum Gasteiger partial charge on any atom is -0.496 e. The van der Waals surface area contributed by atoms with Crippen molar-refractivity contribution in [3.63, 3.8) is 0 Å². The molecule has 24 heavy (non-hydrogen) atoms. The van der Waals surface area contributed by atoms with Crippen molar-refractivity contribution in [2.45, 2.75) is 0 Å². The Hall–Kier alpha value is -3.55. The monoisotopic (exact) mass is 322 g/mol. The first-order chi connectivity index (χ1) is 11.8. The van der Waals surface area contributed by atoms with E-state index in [-0.39, 0.29) is 5.91 Å². The number of rotatable bonds is 5. The van der Waals surface area contributed by atoms with E-state index in [1.165, 1.54) is 17.2 Å². The van der Waals surface area contributed by atoms with E-state index in [0.717, 1.165) is 11.3 Å². The van der Waals surface area contributed by atoms with E-state index >= 15 is 0 Å². The maximum Gasteiger partial charge on any atom is 0.271 e. The van der Waals surface area contributed by atoms with E-state index in [4.69, 9.17) is 4.74 Å². The van der Waals surface area contributed by atoms with Crippen molar-refractivity contribution in [1.29, 1.82) is 0 Å². The minimum absolute atomic E-state index is 0.315. The Morgan fingerprint density at radius 1 is 1.21 bits per heavy atom. The summed E-state index contributed by atoms with van der Waals surface area (Å²) >= 11 is 0. The summed E-state index contributed by atoms with van der Waals surface area (Å²) in [5, 5.41) is 14.9. The van der Waals surface area contributed by atoms with E-state index in [2.05, 4.69) is 26.1 Å². The Kier molecular flexibility index (Phi) is 4.57. The van der Waals surface area contributed by atoms with E-state index in [0.29, 0.717) is 11.3 Å². The number of hydrazone groups is 1. The number of nitrogens with zero attached hydrogens (tertiary/aromatic N) is 5. The van der Waals surface area contributed by atoms with Gasteiger partial charge in [0.15, 0.2) is 0 Å². The SMILES string of the molecule is COc1ccccc1/C=N/NC(=O)c1ccc(-n2cnnn2)cc1. The molecular formula is C16H14N6O2. The molecule has 3 aromatic rings. The molecule has 0 aliphatic heterocycles. The van der Waals surface area contributed by atoms with Crippen LogP contribution in [0.5, 0.6) is 5.75 Å². The molecule has 8 heteroatoms. The van der Waals surface area contributed by atoms with Crippen LogP contribution in [0.2, 0.25) is 0 Å². The van der Waals surface area contributed by atoms with Crippen molar-refractivity contribution < 1.29 is 9.53 Å². The summed E-state index contributed by atoms with van der Waals surface area (Å²) in [5.74, 6) is 0.366. The molecule has 0 radical (unpaired) electrons. The van der Waals surface area contributed by atoms with Gasteiger partial charge in [-0.15, -0.1) is 5.10 Å². The number of amides is 1. The van der Waals surface area contributed by atoms with Crippen molar-refractivity contribution in [1.82, 2.24) is 25.6 Å². The van der Waals surface area contributed by atoms with Gasteiger partial charge in [-0.05, 0) is 46.8 Å². The van der Waals surface area contributed by atoms with Gasteiger partial charge in [-0.1, -0.05) is 12.1 Å². The van der Waals surface area contributed by atoms with Crippen LogP contribution in [0, 0.1) is 0 Å². The summed E-state index contributed by atoms with van der Waals surface area (Å²) in [4.78, 5) is 12.1. The summed E-state index contributed by atoms with van der Waals surface area (Å²) in [7, 11) is 1.58. The van der Waals surface area contributed by atoms with Gasteiger partial charge in [-0.2, -0.15) is 5.10 Å². The first-order valence-corrected chi connectivity index (χ1v) is 7.08. The lowest BCUT2D eigenvalue weighted by molar-refractivity contribution is 0.0955. The van der Waals surface area contributed by atoms with Gasteiger partial charge >= 0.3 is 0 Å². The second-order valence-electron chi connectivity index (χ2n) is 4.74. The van der Waals surface area contributed by atoms with Crippen molar-refractivity contribution >= 4 is 12.1 Å². The second-order valence-corrected chi connectivity index (χ2v) is 4.74. The third kappa shape index (κ3) is 3.43. The summed E-state index contributed by atoms with van der Waals surface area (Å²) in [6, 6.07) is 14.2. The number of carbonyl (C=O) groups is 1. The predicted octanol–water partition coefficient (Wildman–Crippen LogP) is 1.43. The number of tetrazole rings is 1. The van der Waals surface area contributed by atoms with Crippen LogP contribution in [0.1, 0.15) is 15.9 Å². The van der Waals surface area contributed by atoms with Gasteiger partial charge in [0.1, 0.15) is 12.1 Å². The van der Waals surface area contributed by atoms with Crippen LogP contribution >= 0.6 is 0 Å². The topological polar surface area (TPSA) is 94.3 Å². The molecule has 120 valence electrons. The summed E-state index contributed by atoms with van der Waals surface area (Å²) in [6.07, 6.45) is 3.01. The van der Waals surface area contributed by atoms with Crippen molar-refractivity contribution in [2.75, 3.05) is 7.11 Å². The fraction of sp³-hybridized carbons (Fsp3) is 0.0625. The molecule has 0 bridgehead atoms. The molecule has 1 heterocycles. The highest BCUT2D eigenvalue weighted by molar-refractivity contribution is 5.95. The zero-order valence-electron chi connectivity index (χ0n) is 12.8. The molecule has 0 unspecified atom stereocenters. The standard InChI is InChI=1S/C16H14N6O2/c1-24-15-5-3-2-4-13(15)10-17-19-16(23)12-6-8-14(9-7-12)22-11-18-20-21-22/h2-11H,1H3,(H,19,23)/b17-10+. The van der Waals surface area contributed by atoms with Crippen LogP contribution in [0.15, 0.2) is 60.0 Å². The zero-order valence-corrected chi connectivity index (χ0v) is 12.8. The quantitative estimate of drug-likeness (QED) is 0.566. The number of carbonyl (C=O) groups excluding carboxylic acids is 1. The van der Waals surface area contributed by atoms with Crippen LogP contribution in [-0.2, 0) is 0 Å². The average Bonchev–Trinajstić information content (AvgIpc) is 3.17. The van der Waals surface area contributed by atoms with Crippen molar-refractivity contribution in [2.24, 2.45) is 5.10 Å². The number of hydrogen-bond acceptors (Lipinski definition) is 6. The Bertz CT molecular complexity index is 843. The Morgan fingerprint density at radius 3 is 2.71 bits per heavy atom. The highest BCUT2D eigenvalue weighted by Crippen LogP contribution is 2.14. The lowest BCUT2D eigenvalue weighted by atomic mass is 10.2. The highest BCUT2D eigenvalue weighted by atomic mass is 16.5. The number of aromatic nitrogens is 4. The molecule has 0 aliphatic rings. The number of hydrogen-bond donors (Lipinski definition) is 1. The van der Waals surface area contributed by atoms with E-state index in [1.807, 2.05) is 24.3 Å². The molecule has 2 aromatic carbocycles. The molecule has 1 N–H and O–H groups in total. The van der Waals surface area contributed by atoms with Gasteiger partial charge in [-0.3, -0.25) is 4.79 Å². The molecule has 0 fully saturated rings. The molecule has 0 spiro atoms. The minimum atomic E-state index is -0.315. The van der Waals surface area contributed by atoms with Gasteiger partial charge in [-0.25, -0.2) is 10.1 Å². The number of ether oxygens (including phenoxy) is 1. The van der Waals surface area contributed by atoms with Crippen LogP contribution < -0.4 is 10.2 Å². The maximum atomic E-state index is 12.1. The molecule has 3 rings (SSSR count). The summed E-state index contributed by atoms with van der Waals surface area (Å²) < 4.78 is 6.72. The van der Waals surface area contributed by atoms with Crippen molar-refractivity contribution in [3.8, 4) is 11.4 Å². The lowest BCUT2D eigenvalue weighted by Crippen LogP contribution is -2.17. The van der Waals surface area contributed by atoms with Crippen molar-refractivity contribution in [3.05, 3.63) is 66.0 Å². The van der Waals surface area contributed by atoms with Gasteiger partial charge in [0.25, 0.3) is 5.91 Å². The third-order valence-corrected chi connectivity index (χ3v) is 3.25. The third-order valence-electron chi connectivity index (χ3n) is 3.25. The van der Waals surface area contributed by atoms with E-state index < -0.39 is 0 Å². The highest BCUT2D eigenvalue weighted by Gasteiger charge is 2.05. The van der Waals surface area contributed by atoms with E-state index in [1.54, 1.807) is 31.4 Å². The Morgan fingerprint density at radius 2 is 2.00 bits per heavy atom. The lowest BCUT2D eigenvalue weighted by Gasteiger charge is -2.04. The molecular weight excluding hydrogens is 308 g/mol. The fourth-order valence-corrected chi connectivity index (χ4v) is 2.04. The average molecular weight is 322 g/mol. The maximum absolute atomic E-state index is 12.1. The molecule has 0 atom stereocenters.